The zero-order valence-corrected chi connectivity index (χ0v) is 17.0. The molecule has 0 spiro atoms. The number of piperazine rings is 1. The van der Waals surface area contributed by atoms with Crippen LogP contribution in [-0.4, -0.2) is 84.5 Å². The molecule has 0 bridgehead atoms. The summed E-state index contributed by atoms with van der Waals surface area (Å²) in [5.41, 5.74) is 1.28. The molecule has 7 nitrogen and oxygen atoms in total. The Morgan fingerprint density at radius 1 is 1.00 bits per heavy atom. The van der Waals surface area contributed by atoms with Crippen LogP contribution in [0.2, 0.25) is 0 Å². The number of methoxy groups -OCH3 is 2. The summed E-state index contributed by atoms with van der Waals surface area (Å²) in [6.07, 6.45) is 2.09. The maximum Gasteiger partial charge on any atom is 0.190 e. The smallest absolute Gasteiger partial charge is 0.190 e. The van der Waals surface area contributed by atoms with E-state index in [0.717, 1.165) is 77.0 Å². The molecule has 1 aromatic carbocycles. The second-order valence-corrected chi connectivity index (χ2v) is 6.65. The highest BCUT2D eigenvalue weighted by Crippen LogP contribution is 2.20. The molecule has 0 saturated carbocycles. The third-order valence-electron chi connectivity index (χ3n) is 4.79. The van der Waals surface area contributed by atoms with Gasteiger partial charge in [0, 0.05) is 65.7 Å². The van der Waals surface area contributed by atoms with Crippen LogP contribution < -0.4 is 20.3 Å². The van der Waals surface area contributed by atoms with Gasteiger partial charge in [-0.05, 0) is 43.7 Å². The fourth-order valence-electron chi connectivity index (χ4n) is 3.18. The number of anilines is 1. The first-order valence-electron chi connectivity index (χ1n) is 9.81. The molecule has 0 radical (unpaired) electrons. The number of guanidine groups is 1. The maximum atomic E-state index is 5.23. The molecule has 2 N–H and O–H groups in total. The van der Waals surface area contributed by atoms with Gasteiger partial charge in [-0.25, -0.2) is 0 Å². The first kappa shape index (κ1) is 21.3. The monoisotopic (exact) mass is 377 g/mol. The second-order valence-electron chi connectivity index (χ2n) is 6.65. The van der Waals surface area contributed by atoms with Crippen molar-refractivity contribution in [1.82, 2.24) is 15.5 Å². The van der Waals surface area contributed by atoms with Crippen LogP contribution in [0.4, 0.5) is 5.69 Å². The average molecular weight is 378 g/mol. The number of nitrogens with zero attached hydrogens (tertiary/aromatic N) is 3. The zero-order chi connectivity index (χ0) is 19.3. The number of aliphatic imine (C=N–C) groups is 1. The lowest BCUT2D eigenvalue weighted by Crippen LogP contribution is -2.47. The van der Waals surface area contributed by atoms with Gasteiger partial charge in [-0.3, -0.25) is 9.89 Å². The van der Waals surface area contributed by atoms with Gasteiger partial charge in [0.25, 0.3) is 0 Å². The Morgan fingerprint density at radius 3 is 2.26 bits per heavy atom. The van der Waals surface area contributed by atoms with Crippen LogP contribution in [0.1, 0.15) is 12.8 Å². The predicted octanol–water partition coefficient (Wildman–Crippen LogP) is 1.41. The number of hydrogen-bond donors (Lipinski definition) is 2. The fraction of sp³-hybridized carbons (Fsp3) is 0.650. The van der Waals surface area contributed by atoms with Crippen molar-refractivity contribution in [1.29, 1.82) is 0 Å². The average Bonchev–Trinajstić information content (AvgIpc) is 2.73. The Bertz CT molecular complexity index is 542. The Labute approximate surface area is 163 Å². The SMILES string of the molecule is CN=C(NCCCOC)NCCCN1CCN(c2ccc(OC)cc2)CC1. The maximum absolute atomic E-state index is 5.23. The van der Waals surface area contributed by atoms with Gasteiger partial charge >= 0.3 is 0 Å². The van der Waals surface area contributed by atoms with Crippen molar-refractivity contribution in [2.75, 3.05) is 78.6 Å². The third kappa shape index (κ3) is 7.64. The minimum absolute atomic E-state index is 0.770. The molecule has 1 saturated heterocycles. The molecule has 2 rings (SSSR count). The van der Waals surface area contributed by atoms with E-state index in [2.05, 4.69) is 37.6 Å². The topological polar surface area (TPSA) is 61.4 Å². The first-order valence-corrected chi connectivity index (χ1v) is 9.81. The second kappa shape index (κ2) is 12.4. The van der Waals surface area contributed by atoms with Crippen molar-refractivity contribution < 1.29 is 9.47 Å². The molecule has 0 atom stereocenters. The van der Waals surface area contributed by atoms with Crippen LogP contribution in [0.25, 0.3) is 0 Å². The summed E-state index contributed by atoms with van der Waals surface area (Å²) < 4.78 is 10.3. The van der Waals surface area contributed by atoms with Crippen molar-refractivity contribution in [3.63, 3.8) is 0 Å². The van der Waals surface area contributed by atoms with Gasteiger partial charge in [-0.1, -0.05) is 0 Å². The highest BCUT2D eigenvalue weighted by atomic mass is 16.5. The van der Waals surface area contributed by atoms with E-state index in [1.54, 1.807) is 14.2 Å². The number of benzene rings is 1. The van der Waals surface area contributed by atoms with Crippen molar-refractivity contribution >= 4 is 11.6 Å². The lowest BCUT2D eigenvalue weighted by atomic mass is 10.2. The van der Waals surface area contributed by atoms with Gasteiger partial charge in [0.2, 0.25) is 0 Å². The van der Waals surface area contributed by atoms with E-state index >= 15 is 0 Å². The molecule has 1 aliphatic rings. The van der Waals surface area contributed by atoms with Crippen LogP contribution in [0, 0.1) is 0 Å². The van der Waals surface area contributed by atoms with Crippen LogP contribution in [0.15, 0.2) is 29.3 Å². The first-order chi connectivity index (χ1) is 13.3. The highest BCUT2D eigenvalue weighted by molar-refractivity contribution is 5.79. The van der Waals surface area contributed by atoms with Gasteiger partial charge in [0.15, 0.2) is 5.96 Å². The van der Waals surface area contributed by atoms with Crippen molar-refractivity contribution in [3.05, 3.63) is 24.3 Å². The number of nitrogens with one attached hydrogen (secondary N) is 2. The van der Waals surface area contributed by atoms with Gasteiger partial charge in [0.1, 0.15) is 5.75 Å². The van der Waals surface area contributed by atoms with Gasteiger partial charge in [0.05, 0.1) is 7.11 Å². The predicted molar refractivity (Wildman–Crippen MR) is 112 cm³/mol. The standard InChI is InChI=1S/C20H35N5O2/c1-21-20(23-11-5-17-26-2)22-10-4-12-24-13-15-25(16-14-24)18-6-8-19(27-3)9-7-18/h6-9H,4-5,10-17H2,1-3H3,(H2,21,22,23). The van der Waals surface area contributed by atoms with E-state index < -0.39 is 0 Å². The van der Waals surface area contributed by atoms with E-state index in [1.807, 2.05) is 19.2 Å². The van der Waals surface area contributed by atoms with E-state index in [4.69, 9.17) is 9.47 Å². The summed E-state index contributed by atoms with van der Waals surface area (Å²) in [5, 5.41) is 6.68. The zero-order valence-electron chi connectivity index (χ0n) is 17.0. The van der Waals surface area contributed by atoms with Crippen LogP contribution >= 0.6 is 0 Å². The van der Waals surface area contributed by atoms with Gasteiger partial charge in [-0.15, -0.1) is 0 Å². The molecule has 0 amide bonds. The summed E-state index contributed by atoms with van der Waals surface area (Å²) in [6.45, 7) is 8.05. The minimum Gasteiger partial charge on any atom is -0.497 e. The number of ether oxygens (including phenoxy) is 2. The van der Waals surface area contributed by atoms with Crippen molar-refractivity contribution in [3.8, 4) is 5.75 Å². The van der Waals surface area contributed by atoms with E-state index in [9.17, 15) is 0 Å². The van der Waals surface area contributed by atoms with E-state index in [1.165, 1.54) is 5.69 Å². The molecule has 0 unspecified atom stereocenters. The van der Waals surface area contributed by atoms with Gasteiger partial charge < -0.3 is 25.0 Å². The highest BCUT2D eigenvalue weighted by Gasteiger charge is 2.16. The molecular formula is C20H35N5O2. The van der Waals surface area contributed by atoms with Crippen molar-refractivity contribution in [2.45, 2.75) is 12.8 Å². The molecule has 1 heterocycles. The number of hydrogen-bond acceptors (Lipinski definition) is 5. The van der Waals surface area contributed by atoms with Gasteiger partial charge in [-0.2, -0.15) is 0 Å². The van der Waals surface area contributed by atoms with Crippen molar-refractivity contribution in [2.24, 2.45) is 4.99 Å². The van der Waals surface area contributed by atoms with Crippen LogP contribution in [0.3, 0.4) is 0 Å². The Morgan fingerprint density at radius 2 is 1.67 bits per heavy atom. The largest absolute Gasteiger partial charge is 0.497 e. The Kier molecular flexibility index (Phi) is 9.79. The molecule has 1 aromatic rings. The summed E-state index contributed by atoms with van der Waals surface area (Å²) in [7, 11) is 5.24. The van der Waals surface area contributed by atoms with E-state index in [-0.39, 0.29) is 0 Å². The molecule has 1 fully saturated rings. The van der Waals surface area contributed by atoms with Crippen LogP contribution in [-0.2, 0) is 4.74 Å². The Hall–Kier alpha value is -1.99. The molecule has 0 aliphatic carbocycles. The quantitative estimate of drug-likeness (QED) is 0.365. The number of rotatable bonds is 10. The third-order valence-corrected chi connectivity index (χ3v) is 4.79. The minimum atomic E-state index is 0.770. The molecule has 152 valence electrons. The fourth-order valence-corrected chi connectivity index (χ4v) is 3.18. The van der Waals surface area contributed by atoms with E-state index in [0.29, 0.717) is 0 Å². The molecular weight excluding hydrogens is 342 g/mol. The Balaban J connectivity index is 1.59. The molecule has 27 heavy (non-hydrogen) atoms. The lowest BCUT2D eigenvalue weighted by molar-refractivity contribution is 0.195. The molecule has 7 heteroatoms. The summed E-state index contributed by atoms with van der Waals surface area (Å²) in [4.78, 5) is 9.23. The van der Waals surface area contributed by atoms with Crippen LogP contribution in [0.5, 0.6) is 5.75 Å². The summed E-state index contributed by atoms with van der Waals surface area (Å²) in [5.74, 6) is 1.78. The molecule has 0 aromatic heterocycles. The summed E-state index contributed by atoms with van der Waals surface area (Å²) >= 11 is 0. The lowest BCUT2D eigenvalue weighted by Gasteiger charge is -2.36. The molecule has 1 aliphatic heterocycles. The summed E-state index contributed by atoms with van der Waals surface area (Å²) in [6, 6.07) is 8.35. The normalized spacial score (nSPS) is 15.7.